The fourth-order valence-electron chi connectivity index (χ4n) is 0.954. The number of rotatable bonds is 2. The summed E-state index contributed by atoms with van der Waals surface area (Å²) >= 11 is 8.36. The molecule has 70 valence electrons. The van der Waals surface area contributed by atoms with Crippen molar-refractivity contribution in [1.82, 2.24) is 0 Å². The van der Waals surface area contributed by atoms with E-state index in [1.165, 1.54) is 0 Å². The van der Waals surface area contributed by atoms with Gasteiger partial charge in [0.1, 0.15) is 0 Å². The fraction of sp³-hybridized carbons (Fsp3) is 0.222. The highest BCUT2D eigenvalue weighted by molar-refractivity contribution is 9.06. The van der Waals surface area contributed by atoms with Crippen LogP contribution in [0.2, 0.25) is 5.02 Å². The number of hydrogen-bond donors (Lipinski definition) is 0. The number of halogens is 2. The first kappa shape index (κ1) is 10.5. The molecule has 1 rings (SSSR count). The maximum atomic E-state index is 11.1. The third kappa shape index (κ3) is 2.71. The lowest BCUT2D eigenvalue weighted by Crippen LogP contribution is -2.08. The summed E-state index contributed by atoms with van der Waals surface area (Å²) in [6, 6.07) is 7.09. The van der Waals surface area contributed by atoms with Gasteiger partial charge < -0.3 is 3.83 Å². The quantitative estimate of drug-likeness (QED) is 0.818. The topological polar surface area (TPSA) is 26.3 Å². The van der Waals surface area contributed by atoms with Gasteiger partial charge in [-0.2, -0.15) is 0 Å². The lowest BCUT2D eigenvalue weighted by Gasteiger charge is -2.07. The predicted octanol–water partition coefficient (Wildman–Crippen LogP) is 3.30. The summed E-state index contributed by atoms with van der Waals surface area (Å²) in [7, 11) is 0. The zero-order valence-corrected chi connectivity index (χ0v) is 9.30. The Labute approximate surface area is 90.3 Å². The van der Waals surface area contributed by atoms with Crippen LogP contribution in [-0.4, -0.2) is 5.97 Å². The van der Waals surface area contributed by atoms with Crippen molar-refractivity contribution in [3.05, 3.63) is 34.9 Å². The molecule has 0 radical (unpaired) electrons. The van der Waals surface area contributed by atoms with E-state index in [-0.39, 0.29) is 11.9 Å². The zero-order valence-electron chi connectivity index (χ0n) is 6.96. The molecule has 0 amide bonds. The van der Waals surface area contributed by atoms with Crippen molar-refractivity contribution >= 4 is 33.8 Å². The minimum atomic E-state index is -0.317. The maximum Gasteiger partial charge on any atom is 0.324 e. The van der Waals surface area contributed by atoms with E-state index in [0.29, 0.717) is 5.02 Å². The molecule has 1 unspecified atom stereocenters. The minimum absolute atomic E-state index is 0.281. The Hall–Kier alpha value is -0.540. The molecular weight excluding hydrogens is 255 g/mol. The van der Waals surface area contributed by atoms with Gasteiger partial charge in [0.15, 0.2) is 16.3 Å². The van der Waals surface area contributed by atoms with Gasteiger partial charge in [-0.05, 0) is 24.6 Å². The molecule has 0 fully saturated rings. The molecule has 4 heteroatoms. The van der Waals surface area contributed by atoms with Gasteiger partial charge in [0.2, 0.25) is 0 Å². The summed E-state index contributed by atoms with van der Waals surface area (Å²) in [5.41, 5.74) is 0.883. The molecule has 0 aliphatic rings. The summed E-state index contributed by atoms with van der Waals surface area (Å²) in [5.74, 6) is -0.598. The second-order valence-corrected chi connectivity index (χ2v) is 3.43. The maximum absolute atomic E-state index is 11.1. The average molecular weight is 264 g/mol. The zero-order chi connectivity index (χ0) is 9.84. The number of benzene rings is 1. The van der Waals surface area contributed by atoms with E-state index < -0.39 is 0 Å². The smallest absolute Gasteiger partial charge is 0.324 e. The average Bonchev–Trinajstić information content (AvgIpc) is 2.17. The van der Waals surface area contributed by atoms with Crippen LogP contribution >= 0.6 is 27.9 Å². The van der Waals surface area contributed by atoms with Crippen LogP contribution in [0.4, 0.5) is 0 Å². The Balaban J connectivity index is 2.83. The van der Waals surface area contributed by atoms with Gasteiger partial charge in [0.05, 0.1) is 5.92 Å². The molecule has 0 aliphatic heterocycles. The summed E-state index contributed by atoms with van der Waals surface area (Å²) in [6.45, 7) is 1.77. The highest BCUT2D eigenvalue weighted by Gasteiger charge is 2.15. The molecule has 0 bridgehead atoms. The van der Waals surface area contributed by atoms with Gasteiger partial charge in [0.25, 0.3) is 0 Å². The highest BCUT2D eigenvalue weighted by atomic mass is 79.9. The van der Waals surface area contributed by atoms with Crippen LogP contribution in [0, 0.1) is 0 Å². The van der Waals surface area contributed by atoms with Crippen LogP contribution in [0.1, 0.15) is 18.4 Å². The van der Waals surface area contributed by atoms with Crippen molar-refractivity contribution in [2.75, 3.05) is 0 Å². The van der Waals surface area contributed by atoms with Crippen molar-refractivity contribution < 1.29 is 8.62 Å². The Morgan fingerprint density at radius 2 is 2.00 bits per heavy atom. The molecule has 0 aliphatic carbocycles. The van der Waals surface area contributed by atoms with Crippen LogP contribution in [0.3, 0.4) is 0 Å². The molecule has 2 nitrogen and oxygen atoms in total. The first-order valence-electron chi connectivity index (χ1n) is 3.73. The lowest BCUT2D eigenvalue weighted by atomic mass is 10.0. The molecule has 1 aromatic rings. The van der Waals surface area contributed by atoms with Gasteiger partial charge >= 0.3 is 5.97 Å². The normalized spacial score (nSPS) is 12.2. The van der Waals surface area contributed by atoms with Crippen molar-refractivity contribution in [3.63, 3.8) is 0 Å². The molecule has 0 saturated carbocycles. The molecule has 1 atom stereocenters. The van der Waals surface area contributed by atoms with Crippen LogP contribution in [0.5, 0.6) is 0 Å². The van der Waals surface area contributed by atoms with E-state index in [0.717, 1.165) is 5.56 Å². The number of carbonyl (C=O) groups excluding carboxylic acids is 1. The second kappa shape index (κ2) is 4.63. The van der Waals surface area contributed by atoms with Gasteiger partial charge in [-0.1, -0.05) is 23.7 Å². The van der Waals surface area contributed by atoms with Crippen LogP contribution in [-0.2, 0) is 8.62 Å². The van der Waals surface area contributed by atoms with Gasteiger partial charge in [0, 0.05) is 5.02 Å². The second-order valence-electron chi connectivity index (χ2n) is 2.67. The van der Waals surface area contributed by atoms with E-state index in [1.54, 1.807) is 31.2 Å². The molecule has 0 aromatic heterocycles. The SMILES string of the molecule is CC(C(=O)OBr)c1ccc(Cl)cc1. The Kier molecular flexibility index (Phi) is 3.75. The summed E-state index contributed by atoms with van der Waals surface area (Å²) in [5, 5.41) is 0.656. The number of hydrogen-bond acceptors (Lipinski definition) is 2. The van der Waals surface area contributed by atoms with E-state index >= 15 is 0 Å². The third-order valence-corrected chi connectivity index (χ3v) is 2.37. The number of carbonyl (C=O) groups is 1. The summed E-state index contributed by atoms with van der Waals surface area (Å²) in [4.78, 5) is 11.1. The Bertz CT molecular complexity index is 297. The van der Waals surface area contributed by atoms with E-state index in [2.05, 4.69) is 20.1 Å². The molecule has 13 heavy (non-hydrogen) atoms. The molecule has 0 saturated heterocycles. The Morgan fingerprint density at radius 3 is 2.46 bits per heavy atom. The first-order valence-corrected chi connectivity index (χ1v) is 4.75. The molecule has 0 heterocycles. The predicted molar refractivity (Wildman–Crippen MR) is 54.9 cm³/mol. The minimum Gasteiger partial charge on any atom is -0.383 e. The largest absolute Gasteiger partial charge is 0.383 e. The summed E-state index contributed by atoms with van der Waals surface area (Å²) < 4.78 is 4.44. The lowest BCUT2D eigenvalue weighted by molar-refractivity contribution is -0.133. The van der Waals surface area contributed by atoms with Crippen molar-refractivity contribution in [3.8, 4) is 0 Å². The highest BCUT2D eigenvalue weighted by Crippen LogP contribution is 2.19. The monoisotopic (exact) mass is 262 g/mol. The van der Waals surface area contributed by atoms with Gasteiger partial charge in [-0.3, -0.25) is 4.79 Å². The molecular formula is C9H8BrClO2. The van der Waals surface area contributed by atoms with E-state index in [4.69, 9.17) is 11.6 Å². The van der Waals surface area contributed by atoms with Crippen molar-refractivity contribution in [1.29, 1.82) is 0 Å². The molecule has 1 aromatic carbocycles. The summed E-state index contributed by atoms with van der Waals surface area (Å²) in [6.07, 6.45) is 0. The van der Waals surface area contributed by atoms with Crippen molar-refractivity contribution in [2.24, 2.45) is 0 Å². The van der Waals surface area contributed by atoms with Crippen LogP contribution in [0.25, 0.3) is 0 Å². The standard InChI is InChI=1S/C9H8BrClO2/c1-6(9(12)13-10)7-2-4-8(11)5-3-7/h2-6H,1H3. The molecule has 0 spiro atoms. The van der Waals surface area contributed by atoms with Gasteiger partial charge in [-0.25, -0.2) is 0 Å². The fourth-order valence-corrected chi connectivity index (χ4v) is 1.36. The third-order valence-electron chi connectivity index (χ3n) is 1.80. The van der Waals surface area contributed by atoms with E-state index in [1.807, 2.05) is 0 Å². The molecule has 0 N–H and O–H groups in total. The Morgan fingerprint density at radius 1 is 1.46 bits per heavy atom. The van der Waals surface area contributed by atoms with Crippen molar-refractivity contribution in [2.45, 2.75) is 12.8 Å². The van der Waals surface area contributed by atoms with Gasteiger partial charge in [-0.15, -0.1) is 0 Å². The first-order chi connectivity index (χ1) is 6.15. The van der Waals surface area contributed by atoms with Crippen LogP contribution in [0.15, 0.2) is 24.3 Å². The van der Waals surface area contributed by atoms with E-state index in [9.17, 15) is 4.79 Å². The van der Waals surface area contributed by atoms with Crippen LogP contribution < -0.4 is 0 Å².